The number of rotatable bonds is 3. The topological polar surface area (TPSA) is 51.2 Å². The number of aryl methyl sites for hydroxylation is 2. The van der Waals surface area contributed by atoms with Crippen molar-refractivity contribution in [1.82, 2.24) is 0 Å². The molecular weight excluding hydrogens is 264 g/mol. The largest absolute Gasteiger partial charge is 0.298 e. The van der Waals surface area contributed by atoms with Crippen LogP contribution in [0.1, 0.15) is 54.4 Å². The van der Waals surface area contributed by atoms with E-state index >= 15 is 0 Å². The first kappa shape index (κ1) is 15.6. The number of ketones is 3. The Hall–Kier alpha value is -1.77. The maximum atomic E-state index is 12.3. The number of carbonyl (C=O) groups is 3. The molecule has 2 rings (SSSR count). The van der Waals surface area contributed by atoms with Crippen molar-refractivity contribution in [2.75, 3.05) is 0 Å². The van der Waals surface area contributed by atoms with Gasteiger partial charge in [0.15, 0.2) is 17.3 Å². The molecule has 1 aromatic carbocycles. The van der Waals surface area contributed by atoms with Crippen LogP contribution in [0, 0.1) is 26.7 Å². The molecule has 0 N–H and O–H groups in total. The standard InChI is InChI=1S/C18H22O3/c1-5-14(19)18-15(20)8-13(9-16(18)21)17-11(3)7-6-10(2)12(17)4/h6-7,13,18H,5,8-9H2,1-4H3. The van der Waals surface area contributed by atoms with Gasteiger partial charge in [0.1, 0.15) is 5.92 Å². The number of carbonyl (C=O) groups excluding carboxylic acids is 3. The van der Waals surface area contributed by atoms with E-state index in [1.54, 1.807) is 6.92 Å². The molecule has 3 heteroatoms. The van der Waals surface area contributed by atoms with Crippen LogP contribution < -0.4 is 0 Å². The monoisotopic (exact) mass is 286 g/mol. The molecule has 0 radical (unpaired) electrons. The fourth-order valence-corrected chi connectivity index (χ4v) is 3.34. The summed E-state index contributed by atoms with van der Waals surface area (Å²) in [6.45, 7) is 7.79. The van der Waals surface area contributed by atoms with Crippen molar-refractivity contribution in [1.29, 1.82) is 0 Å². The zero-order valence-corrected chi connectivity index (χ0v) is 13.2. The van der Waals surface area contributed by atoms with Gasteiger partial charge in [0, 0.05) is 19.3 Å². The molecule has 1 saturated carbocycles. The molecule has 1 aliphatic rings. The van der Waals surface area contributed by atoms with Crippen LogP contribution in [0.3, 0.4) is 0 Å². The van der Waals surface area contributed by atoms with Gasteiger partial charge >= 0.3 is 0 Å². The Labute approximate surface area is 125 Å². The molecule has 0 heterocycles. The molecule has 1 aliphatic carbocycles. The van der Waals surface area contributed by atoms with Gasteiger partial charge in [-0.05, 0) is 48.9 Å². The third-order valence-corrected chi connectivity index (χ3v) is 4.62. The van der Waals surface area contributed by atoms with E-state index in [2.05, 4.69) is 6.07 Å². The molecule has 0 amide bonds. The second-order valence-corrected chi connectivity index (χ2v) is 6.03. The van der Waals surface area contributed by atoms with Crippen LogP contribution >= 0.6 is 0 Å². The molecule has 0 atom stereocenters. The van der Waals surface area contributed by atoms with Crippen LogP contribution in [0.2, 0.25) is 0 Å². The van der Waals surface area contributed by atoms with Crippen molar-refractivity contribution in [3.8, 4) is 0 Å². The first-order valence-electron chi connectivity index (χ1n) is 7.51. The molecular formula is C18H22O3. The van der Waals surface area contributed by atoms with Gasteiger partial charge in [0.05, 0.1) is 0 Å². The molecule has 1 aromatic rings. The van der Waals surface area contributed by atoms with Crippen molar-refractivity contribution in [3.63, 3.8) is 0 Å². The van der Waals surface area contributed by atoms with E-state index in [-0.39, 0.29) is 29.7 Å². The normalized spacial score (nSPS) is 22.5. The van der Waals surface area contributed by atoms with Gasteiger partial charge in [-0.3, -0.25) is 14.4 Å². The smallest absolute Gasteiger partial charge is 0.151 e. The zero-order valence-electron chi connectivity index (χ0n) is 13.2. The predicted octanol–water partition coefficient (Wildman–Crippen LogP) is 3.22. The van der Waals surface area contributed by atoms with Crippen LogP contribution in [0.5, 0.6) is 0 Å². The predicted molar refractivity (Wildman–Crippen MR) is 81.4 cm³/mol. The summed E-state index contributed by atoms with van der Waals surface area (Å²) in [4.78, 5) is 36.3. The Morgan fingerprint density at radius 1 is 1.05 bits per heavy atom. The summed E-state index contributed by atoms with van der Waals surface area (Å²) in [6.07, 6.45) is 0.843. The summed E-state index contributed by atoms with van der Waals surface area (Å²) >= 11 is 0. The molecule has 112 valence electrons. The highest BCUT2D eigenvalue weighted by Gasteiger charge is 2.40. The quantitative estimate of drug-likeness (QED) is 0.802. The fraction of sp³-hybridized carbons (Fsp3) is 0.500. The third kappa shape index (κ3) is 2.82. The summed E-state index contributed by atoms with van der Waals surface area (Å²) in [5, 5.41) is 0. The molecule has 0 spiro atoms. The minimum atomic E-state index is -1.00. The maximum absolute atomic E-state index is 12.3. The van der Waals surface area contributed by atoms with E-state index in [1.165, 1.54) is 5.56 Å². The van der Waals surface area contributed by atoms with E-state index in [0.29, 0.717) is 12.8 Å². The first-order valence-corrected chi connectivity index (χ1v) is 7.51. The van der Waals surface area contributed by atoms with Gasteiger partial charge in [-0.2, -0.15) is 0 Å². The second-order valence-electron chi connectivity index (χ2n) is 6.03. The molecule has 0 saturated heterocycles. The van der Waals surface area contributed by atoms with Gasteiger partial charge < -0.3 is 0 Å². The lowest BCUT2D eigenvalue weighted by molar-refractivity contribution is -0.142. The van der Waals surface area contributed by atoms with Crippen LogP contribution in [-0.2, 0) is 14.4 Å². The van der Waals surface area contributed by atoms with Crippen molar-refractivity contribution in [2.45, 2.75) is 52.9 Å². The minimum Gasteiger partial charge on any atom is -0.298 e. The molecule has 0 unspecified atom stereocenters. The SMILES string of the molecule is CCC(=O)C1C(=O)CC(c2c(C)ccc(C)c2C)CC1=O. The molecule has 0 bridgehead atoms. The maximum Gasteiger partial charge on any atom is 0.151 e. The Morgan fingerprint density at radius 3 is 2.10 bits per heavy atom. The summed E-state index contributed by atoms with van der Waals surface area (Å²) in [5.74, 6) is -1.73. The lowest BCUT2D eigenvalue weighted by atomic mass is 9.73. The van der Waals surface area contributed by atoms with E-state index in [9.17, 15) is 14.4 Å². The highest BCUT2D eigenvalue weighted by Crippen LogP contribution is 2.36. The number of Topliss-reactive ketones (excluding diaryl/α,β-unsaturated/α-hetero) is 3. The highest BCUT2D eigenvalue weighted by molar-refractivity contribution is 6.20. The van der Waals surface area contributed by atoms with Crippen molar-refractivity contribution < 1.29 is 14.4 Å². The summed E-state index contributed by atoms with van der Waals surface area (Å²) in [5.41, 5.74) is 4.55. The first-order chi connectivity index (χ1) is 9.86. The molecule has 0 aliphatic heterocycles. The summed E-state index contributed by atoms with van der Waals surface area (Å²) < 4.78 is 0. The Morgan fingerprint density at radius 2 is 1.57 bits per heavy atom. The average Bonchev–Trinajstić information content (AvgIpc) is 2.42. The van der Waals surface area contributed by atoms with Crippen LogP contribution in [0.4, 0.5) is 0 Å². The van der Waals surface area contributed by atoms with Gasteiger partial charge in [-0.25, -0.2) is 0 Å². The van der Waals surface area contributed by atoms with Crippen LogP contribution in [0.25, 0.3) is 0 Å². The Kier molecular flexibility index (Phi) is 4.40. The van der Waals surface area contributed by atoms with Crippen molar-refractivity contribution in [3.05, 3.63) is 34.4 Å². The molecule has 0 aromatic heterocycles. The van der Waals surface area contributed by atoms with E-state index in [4.69, 9.17) is 0 Å². The summed E-state index contributed by atoms with van der Waals surface area (Å²) in [7, 11) is 0. The van der Waals surface area contributed by atoms with Crippen LogP contribution in [-0.4, -0.2) is 17.3 Å². The van der Waals surface area contributed by atoms with Crippen molar-refractivity contribution >= 4 is 17.3 Å². The Balaban J connectivity index is 2.35. The minimum absolute atomic E-state index is 0.0780. The Bertz CT molecular complexity index is 595. The van der Waals surface area contributed by atoms with E-state index < -0.39 is 5.92 Å². The molecule has 1 fully saturated rings. The van der Waals surface area contributed by atoms with E-state index in [1.807, 2.05) is 26.8 Å². The summed E-state index contributed by atoms with van der Waals surface area (Å²) in [6, 6.07) is 4.10. The lowest BCUT2D eigenvalue weighted by Gasteiger charge is -2.28. The van der Waals surface area contributed by atoms with Gasteiger partial charge in [-0.1, -0.05) is 19.1 Å². The van der Waals surface area contributed by atoms with E-state index in [0.717, 1.165) is 16.7 Å². The highest BCUT2D eigenvalue weighted by atomic mass is 16.2. The van der Waals surface area contributed by atoms with Gasteiger partial charge in [0.2, 0.25) is 0 Å². The zero-order chi connectivity index (χ0) is 15.7. The number of benzene rings is 1. The second kappa shape index (κ2) is 5.92. The van der Waals surface area contributed by atoms with Gasteiger partial charge in [0.25, 0.3) is 0 Å². The average molecular weight is 286 g/mol. The van der Waals surface area contributed by atoms with Gasteiger partial charge in [-0.15, -0.1) is 0 Å². The van der Waals surface area contributed by atoms with Crippen molar-refractivity contribution in [2.24, 2.45) is 5.92 Å². The fourth-order valence-electron chi connectivity index (χ4n) is 3.34. The lowest BCUT2D eigenvalue weighted by Crippen LogP contribution is -2.38. The molecule has 21 heavy (non-hydrogen) atoms. The third-order valence-electron chi connectivity index (χ3n) is 4.62. The molecule has 3 nitrogen and oxygen atoms in total. The van der Waals surface area contributed by atoms with Crippen LogP contribution in [0.15, 0.2) is 12.1 Å². The number of hydrogen-bond donors (Lipinski definition) is 0. The number of hydrogen-bond acceptors (Lipinski definition) is 3.